The second-order valence-electron chi connectivity index (χ2n) is 6.88. The van der Waals surface area contributed by atoms with Crippen LogP contribution in [0.15, 0.2) is 88.9 Å². The number of hydrogen-bond acceptors (Lipinski definition) is 6. The number of thioether (sulfide) groups is 1. The Bertz CT molecular complexity index is 1290. The van der Waals surface area contributed by atoms with Gasteiger partial charge in [0.05, 0.1) is 29.8 Å². The van der Waals surface area contributed by atoms with Crippen molar-refractivity contribution in [2.45, 2.75) is 11.7 Å². The number of anilines is 1. The summed E-state index contributed by atoms with van der Waals surface area (Å²) in [6.07, 6.45) is 5.00. The van der Waals surface area contributed by atoms with Crippen molar-refractivity contribution >= 4 is 29.3 Å². The summed E-state index contributed by atoms with van der Waals surface area (Å²) in [6.45, 7) is 0.316. The van der Waals surface area contributed by atoms with Crippen LogP contribution in [0.25, 0.3) is 5.69 Å². The molecule has 2 heterocycles. The Labute approximate surface area is 194 Å². The van der Waals surface area contributed by atoms with E-state index in [1.165, 1.54) is 11.8 Å². The Morgan fingerprint density at radius 3 is 2.67 bits per heavy atom. The predicted molar refractivity (Wildman–Crippen MR) is 124 cm³/mol. The number of carbonyl (C=O) groups is 2. The fourth-order valence-corrected chi connectivity index (χ4v) is 3.83. The van der Waals surface area contributed by atoms with Gasteiger partial charge in [-0.05, 0) is 48.5 Å². The van der Waals surface area contributed by atoms with Crippen molar-refractivity contribution in [1.29, 1.82) is 5.26 Å². The topological polar surface area (TPSA) is 113 Å². The summed E-state index contributed by atoms with van der Waals surface area (Å²) < 4.78 is 7.05. The number of imidazole rings is 1. The smallest absolute Gasteiger partial charge is 0.251 e. The molecule has 0 atom stereocenters. The molecular weight excluding hydrogens is 438 g/mol. The molecule has 0 bridgehead atoms. The Morgan fingerprint density at radius 1 is 1.09 bits per heavy atom. The largest absolute Gasteiger partial charge is 0.467 e. The second-order valence-corrected chi connectivity index (χ2v) is 7.83. The average Bonchev–Trinajstić information content (AvgIpc) is 3.54. The molecule has 2 aromatic heterocycles. The van der Waals surface area contributed by atoms with Gasteiger partial charge in [0.25, 0.3) is 5.91 Å². The molecule has 0 radical (unpaired) electrons. The lowest BCUT2D eigenvalue weighted by atomic mass is 10.2. The maximum atomic E-state index is 12.4. The van der Waals surface area contributed by atoms with Gasteiger partial charge in [0, 0.05) is 23.6 Å². The molecule has 2 aromatic carbocycles. The summed E-state index contributed by atoms with van der Waals surface area (Å²) in [5.41, 5.74) is 2.23. The lowest BCUT2D eigenvalue weighted by molar-refractivity contribution is -0.113. The number of hydrogen-bond donors (Lipinski definition) is 2. The lowest BCUT2D eigenvalue weighted by Crippen LogP contribution is -2.22. The number of rotatable bonds is 8. The minimum atomic E-state index is -0.235. The van der Waals surface area contributed by atoms with Crippen LogP contribution < -0.4 is 10.6 Å². The van der Waals surface area contributed by atoms with Crippen molar-refractivity contribution in [2.75, 3.05) is 11.1 Å². The minimum Gasteiger partial charge on any atom is -0.467 e. The van der Waals surface area contributed by atoms with Crippen molar-refractivity contribution in [3.8, 4) is 11.8 Å². The van der Waals surface area contributed by atoms with E-state index in [1.807, 2.05) is 16.7 Å². The molecule has 164 valence electrons. The lowest BCUT2D eigenvalue weighted by Gasteiger charge is -2.10. The van der Waals surface area contributed by atoms with E-state index in [-0.39, 0.29) is 17.6 Å². The van der Waals surface area contributed by atoms with Gasteiger partial charge in [-0.15, -0.1) is 0 Å². The quantitative estimate of drug-likeness (QED) is 0.387. The SMILES string of the molecule is N#Cc1ccccc1NC(=O)CSc1nccn1-c1ccc(C(=O)NCc2ccco2)cc1. The first-order valence-electron chi connectivity index (χ1n) is 10.00. The van der Waals surface area contributed by atoms with Crippen LogP contribution in [0.5, 0.6) is 0 Å². The molecule has 2 amide bonds. The molecule has 0 fully saturated rings. The Morgan fingerprint density at radius 2 is 1.91 bits per heavy atom. The first kappa shape index (κ1) is 21.9. The monoisotopic (exact) mass is 457 g/mol. The maximum absolute atomic E-state index is 12.4. The number of nitrogens with one attached hydrogen (secondary N) is 2. The van der Waals surface area contributed by atoms with Crippen LogP contribution >= 0.6 is 11.8 Å². The molecule has 0 aliphatic heterocycles. The van der Waals surface area contributed by atoms with Crippen molar-refractivity contribution < 1.29 is 14.0 Å². The molecule has 0 aliphatic carbocycles. The van der Waals surface area contributed by atoms with E-state index >= 15 is 0 Å². The van der Waals surface area contributed by atoms with Crippen LogP contribution in [0, 0.1) is 11.3 Å². The van der Waals surface area contributed by atoms with Gasteiger partial charge in [-0.25, -0.2) is 4.98 Å². The van der Waals surface area contributed by atoms with Crippen molar-refractivity contribution in [2.24, 2.45) is 0 Å². The molecule has 4 rings (SSSR count). The van der Waals surface area contributed by atoms with E-state index in [4.69, 9.17) is 9.68 Å². The third-order valence-corrected chi connectivity index (χ3v) is 5.64. The molecule has 0 saturated heterocycles. The molecule has 33 heavy (non-hydrogen) atoms. The summed E-state index contributed by atoms with van der Waals surface area (Å²) in [7, 11) is 0. The zero-order valence-corrected chi connectivity index (χ0v) is 18.2. The Balaban J connectivity index is 1.36. The molecular formula is C24H19N5O3S. The minimum absolute atomic E-state index is 0.129. The molecule has 9 heteroatoms. The van der Waals surface area contributed by atoms with Crippen molar-refractivity contribution in [3.63, 3.8) is 0 Å². The molecule has 0 spiro atoms. The summed E-state index contributed by atoms with van der Waals surface area (Å²) in [6, 6.07) is 19.6. The molecule has 0 saturated carbocycles. The van der Waals surface area contributed by atoms with Gasteiger partial charge in [0.15, 0.2) is 5.16 Å². The van der Waals surface area contributed by atoms with Crippen LogP contribution in [0.4, 0.5) is 5.69 Å². The second kappa shape index (κ2) is 10.3. The van der Waals surface area contributed by atoms with E-state index in [9.17, 15) is 9.59 Å². The van der Waals surface area contributed by atoms with E-state index in [2.05, 4.69) is 21.7 Å². The highest BCUT2D eigenvalue weighted by molar-refractivity contribution is 7.99. The average molecular weight is 458 g/mol. The van der Waals surface area contributed by atoms with Gasteiger partial charge in [-0.2, -0.15) is 5.26 Å². The maximum Gasteiger partial charge on any atom is 0.251 e. The molecule has 2 N–H and O–H groups in total. The first-order chi connectivity index (χ1) is 16.1. The molecule has 4 aromatic rings. The predicted octanol–water partition coefficient (Wildman–Crippen LogP) is 4.00. The van der Waals surface area contributed by atoms with Gasteiger partial charge >= 0.3 is 0 Å². The van der Waals surface area contributed by atoms with Gasteiger partial charge < -0.3 is 15.1 Å². The Hall–Kier alpha value is -4.29. The number of amides is 2. The summed E-state index contributed by atoms with van der Waals surface area (Å²) in [5, 5.41) is 15.3. The van der Waals surface area contributed by atoms with Gasteiger partial charge in [-0.3, -0.25) is 14.2 Å². The number of nitriles is 1. The van der Waals surface area contributed by atoms with E-state index < -0.39 is 0 Å². The zero-order chi connectivity index (χ0) is 23.0. The van der Waals surface area contributed by atoms with Crippen molar-refractivity contribution in [1.82, 2.24) is 14.9 Å². The number of benzene rings is 2. The molecule has 0 aliphatic rings. The van der Waals surface area contributed by atoms with E-state index in [0.717, 1.165) is 5.69 Å². The summed E-state index contributed by atoms with van der Waals surface area (Å²) >= 11 is 1.27. The summed E-state index contributed by atoms with van der Waals surface area (Å²) in [4.78, 5) is 29.0. The first-order valence-corrected chi connectivity index (χ1v) is 11.0. The van der Waals surface area contributed by atoms with Gasteiger partial charge in [0.1, 0.15) is 11.8 Å². The highest BCUT2D eigenvalue weighted by Gasteiger charge is 2.12. The normalized spacial score (nSPS) is 10.4. The van der Waals surface area contributed by atoms with Crippen molar-refractivity contribution in [3.05, 3.63) is 96.2 Å². The van der Waals surface area contributed by atoms with Crippen LogP contribution in [0.1, 0.15) is 21.7 Å². The highest BCUT2D eigenvalue weighted by Crippen LogP contribution is 2.22. The van der Waals surface area contributed by atoms with Crippen LogP contribution in [-0.2, 0) is 11.3 Å². The number of carbonyl (C=O) groups excluding carboxylic acids is 2. The number of aromatic nitrogens is 2. The Kier molecular flexibility index (Phi) is 6.87. The van der Waals surface area contributed by atoms with Crippen LogP contribution in [0.2, 0.25) is 0 Å². The van der Waals surface area contributed by atoms with Crippen LogP contribution in [0.3, 0.4) is 0 Å². The highest BCUT2D eigenvalue weighted by atomic mass is 32.2. The zero-order valence-electron chi connectivity index (χ0n) is 17.4. The van der Waals surface area contributed by atoms with E-state index in [0.29, 0.717) is 34.3 Å². The number of para-hydroxylation sites is 1. The van der Waals surface area contributed by atoms with E-state index in [1.54, 1.807) is 67.2 Å². The van der Waals surface area contributed by atoms with Gasteiger partial charge in [-0.1, -0.05) is 23.9 Å². The molecule has 0 unspecified atom stereocenters. The third-order valence-electron chi connectivity index (χ3n) is 4.67. The summed E-state index contributed by atoms with van der Waals surface area (Å²) in [5.74, 6) is 0.373. The standard InChI is InChI=1S/C24H19N5O3S/c25-14-18-4-1-2-6-21(18)28-22(30)16-33-24-26-11-12-29(24)19-9-7-17(8-10-19)23(31)27-15-20-5-3-13-32-20/h1-13H,15-16H2,(H,27,31)(H,28,30). The fraction of sp³-hybridized carbons (Fsp3) is 0.0833. The fourth-order valence-electron chi connectivity index (χ4n) is 3.06. The number of furan rings is 1. The van der Waals surface area contributed by atoms with Crippen LogP contribution in [-0.4, -0.2) is 27.1 Å². The molecule has 8 nitrogen and oxygen atoms in total. The third kappa shape index (κ3) is 5.50. The van der Waals surface area contributed by atoms with Gasteiger partial charge in [0.2, 0.25) is 5.91 Å². The number of nitrogens with zero attached hydrogens (tertiary/aromatic N) is 3.